The number of benzene rings is 2. The third kappa shape index (κ3) is 3.55. The topological polar surface area (TPSA) is 35.5 Å². The van der Waals surface area contributed by atoms with Gasteiger partial charge in [0.15, 0.2) is 0 Å². The van der Waals surface area contributed by atoms with E-state index in [1.807, 2.05) is 37.3 Å². The van der Waals surface area contributed by atoms with Gasteiger partial charge in [-0.2, -0.15) is 0 Å². The molecule has 0 atom stereocenters. The quantitative estimate of drug-likeness (QED) is 0.625. The normalized spacial score (nSPS) is 11.2. The molecular weight excluding hydrogens is 276 g/mol. The molecule has 0 heterocycles. The van der Waals surface area contributed by atoms with Crippen LogP contribution in [0.2, 0.25) is 0 Å². The van der Waals surface area contributed by atoms with Crippen LogP contribution in [0, 0.1) is 6.92 Å². The number of allylic oxidation sites excluding steroid dienone is 1. The van der Waals surface area contributed by atoms with E-state index in [1.54, 1.807) is 7.11 Å². The lowest BCUT2D eigenvalue weighted by Crippen LogP contribution is -1.96. The summed E-state index contributed by atoms with van der Waals surface area (Å²) in [5.41, 5.74) is 5.09. The molecule has 0 spiro atoms. The van der Waals surface area contributed by atoms with Gasteiger partial charge in [-0.1, -0.05) is 35.9 Å². The van der Waals surface area contributed by atoms with Crippen LogP contribution in [0.15, 0.2) is 48.5 Å². The lowest BCUT2D eigenvalue weighted by Gasteiger charge is -2.12. The van der Waals surface area contributed by atoms with Gasteiger partial charge in [-0.05, 0) is 42.7 Å². The molecule has 0 saturated carbocycles. The Kier molecular flexibility index (Phi) is 4.99. The molecule has 2 rings (SSSR count). The highest BCUT2D eigenvalue weighted by Crippen LogP contribution is 2.33. The molecule has 0 aliphatic carbocycles. The number of rotatable bonds is 4. The molecule has 0 saturated heterocycles. The van der Waals surface area contributed by atoms with Gasteiger partial charge in [0.2, 0.25) is 0 Å². The van der Waals surface area contributed by atoms with Crippen LogP contribution >= 0.6 is 0 Å². The van der Waals surface area contributed by atoms with Gasteiger partial charge in [0.1, 0.15) is 5.75 Å². The maximum Gasteiger partial charge on any atom is 0.330 e. The minimum absolute atomic E-state index is 0.356. The first-order valence-corrected chi connectivity index (χ1v) is 7.07. The SMILES string of the molecule is COC(=O)/C=C(\C)c1ccc(OC)c(-c2cccc(C)c2)c1. The molecule has 3 nitrogen and oxygen atoms in total. The van der Waals surface area contributed by atoms with Gasteiger partial charge in [-0.25, -0.2) is 4.79 Å². The van der Waals surface area contributed by atoms with E-state index in [0.29, 0.717) is 0 Å². The molecule has 0 N–H and O–H groups in total. The predicted octanol–water partition coefficient (Wildman–Crippen LogP) is 4.25. The number of ether oxygens (including phenoxy) is 2. The van der Waals surface area contributed by atoms with Gasteiger partial charge in [-0.15, -0.1) is 0 Å². The van der Waals surface area contributed by atoms with Crippen LogP contribution in [-0.4, -0.2) is 20.2 Å². The highest BCUT2D eigenvalue weighted by Gasteiger charge is 2.09. The van der Waals surface area contributed by atoms with Crippen molar-refractivity contribution in [3.8, 4) is 16.9 Å². The Morgan fingerprint density at radius 1 is 1.09 bits per heavy atom. The Hall–Kier alpha value is -2.55. The largest absolute Gasteiger partial charge is 0.496 e. The molecule has 0 aliphatic heterocycles. The van der Waals surface area contributed by atoms with Crippen LogP contribution in [0.1, 0.15) is 18.1 Å². The fraction of sp³-hybridized carbons (Fsp3) is 0.211. The number of aryl methyl sites for hydroxylation is 1. The number of carbonyl (C=O) groups is 1. The summed E-state index contributed by atoms with van der Waals surface area (Å²) in [5, 5.41) is 0. The van der Waals surface area contributed by atoms with E-state index in [4.69, 9.17) is 4.74 Å². The maximum atomic E-state index is 11.4. The van der Waals surface area contributed by atoms with E-state index in [2.05, 4.69) is 23.8 Å². The second-order valence-corrected chi connectivity index (χ2v) is 5.14. The van der Waals surface area contributed by atoms with Crippen molar-refractivity contribution in [2.45, 2.75) is 13.8 Å². The zero-order valence-corrected chi connectivity index (χ0v) is 13.3. The third-order valence-corrected chi connectivity index (χ3v) is 3.52. The van der Waals surface area contributed by atoms with Gasteiger partial charge in [0, 0.05) is 11.6 Å². The summed E-state index contributed by atoms with van der Waals surface area (Å²) in [5.74, 6) is 0.450. The van der Waals surface area contributed by atoms with Crippen molar-refractivity contribution in [1.82, 2.24) is 0 Å². The molecule has 2 aromatic carbocycles. The van der Waals surface area contributed by atoms with Crippen molar-refractivity contribution >= 4 is 11.5 Å². The Balaban J connectivity index is 2.51. The van der Waals surface area contributed by atoms with Crippen LogP contribution in [-0.2, 0) is 9.53 Å². The van der Waals surface area contributed by atoms with E-state index in [0.717, 1.165) is 28.0 Å². The maximum absolute atomic E-state index is 11.4. The summed E-state index contributed by atoms with van der Waals surface area (Å²) in [6.07, 6.45) is 1.49. The fourth-order valence-electron chi connectivity index (χ4n) is 2.31. The first-order valence-electron chi connectivity index (χ1n) is 7.07. The van der Waals surface area contributed by atoms with Crippen molar-refractivity contribution in [3.05, 3.63) is 59.7 Å². The van der Waals surface area contributed by atoms with E-state index in [-0.39, 0.29) is 5.97 Å². The lowest BCUT2D eigenvalue weighted by molar-refractivity contribution is -0.134. The molecule has 22 heavy (non-hydrogen) atoms. The highest BCUT2D eigenvalue weighted by molar-refractivity contribution is 5.91. The molecule has 0 aromatic heterocycles. The van der Waals surface area contributed by atoms with Crippen molar-refractivity contribution in [3.63, 3.8) is 0 Å². The Morgan fingerprint density at radius 2 is 1.86 bits per heavy atom. The van der Waals surface area contributed by atoms with Crippen LogP contribution < -0.4 is 4.74 Å². The minimum atomic E-state index is -0.356. The van der Waals surface area contributed by atoms with Crippen LogP contribution in [0.4, 0.5) is 0 Å². The van der Waals surface area contributed by atoms with Gasteiger partial charge >= 0.3 is 5.97 Å². The first-order chi connectivity index (χ1) is 10.5. The Labute approximate surface area is 131 Å². The Morgan fingerprint density at radius 3 is 2.50 bits per heavy atom. The standard InChI is InChI=1S/C19H20O3/c1-13-6-5-7-16(10-13)17-12-15(8-9-18(17)21-3)14(2)11-19(20)22-4/h5-12H,1-4H3/b14-11+. The van der Waals surface area contributed by atoms with E-state index in [9.17, 15) is 4.79 Å². The first kappa shape index (κ1) is 15.8. The second-order valence-electron chi connectivity index (χ2n) is 5.14. The molecule has 0 aliphatic rings. The van der Waals surface area contributed by atoms with Crippen LogP contribution in [0.3, 0.4) is 0 Å². The highest BCUT2D eigenvalue weighted by atomic mass is 16.5. The molecule has 0 unspecified atom stereocenters. The van der Waals surface area contributed by atoms with Crippen molar-refractivity contribution in [2.75, 3.05) is 14.2 Å². The zero-order chi connectivity index (χ0) is 16.1. The van der Waals surface area contributed by atoms with E-state index < -0.39 is 0 Å². The van der Waals surface area contributed by atoms with Crippen molar-refractivity contribution in [1.29, 1.82) is 0 Å². The minimum Gasteiger partial charge on any atom is -0.496 e. The Bertz CT molecular complexity index is 714. The molecule has 0 bridgehead atoms. The van der Waals surface area contributed by atoms with Crippen LogP contribution in [0.25, 0.3) is 16.7 Å². The average Bonchev–Trinajstić information content (AvgIpc) is 2.54. The molecular formula is C19H20O3. The number of hydrogen-bond acceptors (Lipinski definition) is 3. The van der Waals surface area contributed by atoms with Gasteiger partial charge in [0.25, 0.3) is 0 Å². The van der Waals surface area contributed by atoms with E-state index in [1.165, 1.54) is 18.7 Å². The van der Waals surface area contributed by atoms with E-state index >= 15 is 0 Å². The van der Waals surface area contributed by atoms with Crippen LogP contribution in [0.5, 0.6) is 5.75 Å². The summed E-state index contributed by atoms with van der Waals surface area (Å²) in [7, 11) is 3.03. The monoisotopic (exact) mass is 296 g/mol. The summed E-state index contributed by atoms with van der Waals surface area (Å²) in [6, 6.07) is 14.1. The lowest BCUT2D eigenvalue weighted by atomic mass is 9.97. The fourth-order valence-corrected chi connectivity index (χ4v) is 2.31. The summed E-state index contributed by atoms with van der Waals surface area (Å²) >= 11 is 0. The third-order valence-electron chi connectivity index (χ3n) is 3.52. The number of methoxy groups -OCH3 is 2. The van der Waals surface area contributed by atoms with Crippen molar-refractivity contribution in [2.24, 2.45) is 0 Å². The second kappa shape index (κ2) is 6.94. The molecule has 0 amide bonds. The summed E-state index contributed by atoms with van der Waals surface area (Å²) < 4.78 is 10.1. The molecule has 2 aromatic rings. The smallest absolute Gasteiger partial charge is 0.330 e. The van der Waals surface area contributed by atoms with Gasteiger partial charge < -0.3 is 9.47 Å². The summed E-state index contributed by atoms with van der Waals surface area (Å²) in [4.78, 5) is 11.4. The summed E-state index contributed by atoms with van der Waals surface area (Å²) in [6.45, 7) is 3.95. The van der Waals surface area contributed by atoms with Crippen molar-refractivity contribution < 1.29 is 14.3 Å². The molecule has 0 fully saturated rings. The van der Waals surface area contributed by atoms with Gasteiger partial charge in [-0.3, -0.25) is 0 Å². The molecule has 3 heteroatoms. The average molecular weight is 296 g/mol. The number of carbonyl (C=O) groups excluding carboxylic acids is 1. The molecule has 0 radical (unpaired) electrons. The molecule has 114 valence electrons. The number of esters is 1. The predicted molar refractivity (Wildman–Crippen MR) is 88.8 cm³/mol. The zero-order valence-electron chi connectivity index (χ0n) is 13.3. The van der Waals surface area contributed by atoms with Gasteiger partial charge in [0.05, 0.1) is 14.2 Å². The number of hydrogen-bond donors (Lipinski definition) is 0.